The van der Waals surface area contributed by atoms with Crippen molar-refractivity contribution >= 4 is 14.6 Å². The molecule has 4 nitrogen and oxygen atoms in total. The van der Waals surface area contributed by atoms with Crippen molar-refractivity contribution in [3.8, 4) is 0 Å². The molecule has 1 aliphatic rings. The minimum absolute atomic E-state index is 0.0987. The smallest absolute Gasteiger partial charge is 0.192 e. The lowest BCUT2D eigenvalue weighted by atomic mass is 10.0. The number of hydrogen-bond acceptors (Lipinski definition) is 4. The molecule has 0 aromatic rings. The molecule has 0 radical (unpaired) electrons. The zero-order valence-corrected chi connectivity index (χ0v) is 18.0. The van der Waals surface area contributed by atoms with Crippen LogP contribution >= 0.6 is 0 Å². The van der Waals surface area contributed by atoms with Gasteiger partial charge in [-0.15, -0.1) is 0 Å². The van der Waals surface area contributed by atoms with Gasteiger partial charge in [0.25, 0.3) is 0 Å². The van der Waals surface area contributed by atoms with Crippen molar-refractivity contribution in [1.29, 1.82) is 0 Å². The number of aldehydes is 1. The third-order valence-corrected chi connectivity index (χ3v) is 9.86. The topological polar surface area (TPSA) is 44.8 Å². The Labute approximate surface area is 149 Å². The van der Waals surface area contributed by atoms with Crippen molar-refractivity contribution in [3.05, 3.63) is 0 Å². The molecule has 0 aliphatic carbocycles. The van der Waals surface area contributed by atoms with Crippen LogP contribution in [0.3, 0.4) is 0 Å². The van der Waals surface area contributed by atoms with Gasteiger partial charge in [0.05, 0.1) is 6.10 Å². The van der Waals surface area contributed by atoms with E-state index >= 15 is 0 Å². The maximum atomic E-state index is 11.1. The van der Waals surface area contributed by atoms with Crippen LogP contribution in [0.15, 0.2) is 0 Å². The van der Waals surface area contributed by atoms with Gasteiger partial charge in [0, 0.05) is 6.10 Å². The summed E-state index contributed by atoms with van der Waals surface area (Å²) in [5.74, 6) is -0.637. The summed E-state index contributed by atoms with van der Waals surface area (Å²) >= 11 is 0. The quantitative estimate of drug-likeness (QED) is 0.328. The zero-order chi connectivity index (χ0) is 18.6. The fourth-order valence-corrected chi connectivity index (χ4v) is 4.37. The second kappa shape index (κ2) is 8.43. The minimum Gasteiger partial charge on any atom is -0.414 e. The summed E-state index contributed by atoms with van der Waals surface area (Å²) in [5, 5.41) is 0.262. The number of unbranched alkanes of at least 4 members (excludes halogenated alkanes) is 2. The highest BCUT2D eigenvalue weighted by atomic mass is 28.4. The Balaban J connectivity index is 2.23. The molecule has 142 valence electrons. The largest absolute Gasteiger partial charge is 0.414 e. The van der Waals surface area contributed by atoms with E-state index in [-0.39, 0.29) is 11.1 Å². The van der Waals surface area contributed by atoms with Crippen molar-refractivity contribution in [2.75, 3.05) is 0 Å². The highest BCUT2D eigenvalue weighted by Gasteiger charge is 2.40. The first kappa shape index (κ1) is 21.8. The number of hydrogen-bond donors (Lipinski definition) is 0. The van der Waals surface area contributed by atoms with Gasteiger partial charge in [0.1, 0.15) is 6.10 Å². The fourth-order valence-electron chi connectivity index (χ4n) is 2.89. The van der Waals surface area contributed by atoms with Gasteiger partial charge in [0.15, 0.2) is 20.4 Å². The fraction of sp³-hybridized carbons (Fsp3) is 0.947. The van der Waals surface area contributed by atoms with E-state index in [9.17, 15) is 4.79 Å². The van der Waals surface area contributed by atoms with Gasteiger partial charge < -0.3 is 18.7 Å². The van der Waals surface area contributed by atoms with E-state index in [1.165, 1.54) is 0 Å². The van der Waals surface area contributed by atoms with Crippen LogP contribution in [0.2, 0.25) is 18.1 Å². The van der Waals surface area contributed by atoms with Crippen molar-refractivity contribution in [1.82, 2.24) is 0 Å². The Morgan fingerprint density at radius 3 is 2.33 bits per heavy atom. The molecule has 0 saturated carbocycles. The van der Waals surface area contributed by atoms with Crippen LogP contribution in [0.25, 0.3) is 0 Å². The molecule has 0 N–H and O–H groups in total. The number of carbonyl (C=O) groups is 1. The second-order valence-corrected chi connectivity index (χ2v) is 13.9. The Morgan fingerprint density at radius 2 is 1.79 bits per heavy atom. The van der Waals surface area contributed by atoms with Gasteiger partial charge in [-0.25, -0.2) is 0 Å². The van der Waals surface area contributed by atoms with Crippen molar-refractivity contribution in [2.45, 2.75) is 116 Å². The summed E-state index contributed by atoms with van der Waals surface area (Å²) < 4.78 is 17.8. The molecular weight excluding hydrogens is 320 g/mol. The molecule has 1 saturated heterocycles. The molecule has 3 atom stereocenters. The van der Waals surface area contributed by atoms with Gasteiger partial charge in [-0.2, -0.15) is 0 Å². The van der Waals surface area contributed by atoms with Gasteiger partial charge in [-0.05, 0) is 51.7 Å². The standard InChI is InChI=1S/C19H38O4Si/c1-15(23-24(7,8)18(2,3)4)12-10-9-11-13-16-17(14-20)22-19(5,6)21-16/h14-17H,9-13H2,1-8H3/t15-,16+,17+/m1/s1. The second-order valence-electron chi connectivity index (χ2n) is 9.10. The maximum Gasteiger partial charge on any atom is 0.192 e. The van der Waals surface area contributed by atoms with Crippen molar-refractivity contribution < 1.29 is 18.7 Å². The molecule has 0 bridgehead atoms. The highest BCUT2D eigenvalue weighted by Crippen LogP contribution is 2.37. The molecule has 0 aromatic carbocycles. The molecule has 0 amide bonds. The molecule has 1 heterocycles. The summed E-state index contributed by atoms with van der Waals surface area (Å²) in [4.78, 5) is 11.1. The molecule has 0 spiro atoms. The third kappa shape index (κ3) is 6.58. The number of carbonyl (C=O) groups excluding carboxylic acids is 1. The Morgan fingerprint density at radius 1 is 1.17 bits per heavy atom. The normalized spacial score (nSPS) is 25.7. The van der Waals surface area contributed by atoms with E-state index in [0.717, 1.165) is 38.4 Å². The first-order valence-corrected chi connectivity index (χ1v) is 12.3. The van der Waals surface area contributed by atoms with Crippen LogP contribution in [-0.4, -0.2) is 38.7 Å². The van der Waals surface area contributed by atoms with Gasteiger partial charge >= 0.3 is 0 Å². The van der Waals surface area contributed by atoms with E-state index < -0.39 is 20.2 Å². The van der Waals surface area contributed by atoms with E-state index in [4.69, 9.17) is 13.9 Å². The Kier molecular flexibility index (Phi) is 7.66. The summed E-state index contributed by atoms with van der Waals surface area (Å²) in [6.45, 7) is 17.4. The molecule has 1 rings (SSSR count). The summed E-state index contributed by atoms with van der Waals surface area (Å²) in [5.41, 5.74) is 0. The average Bonchev–Trinajstić information content (AvgIpc) is 2.71. The van der Waals surface area contributed by atoms with Crippen LogP contribution in [-0.2, 0) is 18.7 Å². The van der Waals surface area contributed by atoms with Crippen LogP contribution < -0.4 is 0 Å². The minimum atomic E-state index is -1.66. The molecule has 24 heavy (non-hydrogen) atoms. The third-order valence-electron chi connectivity index (χ3n) is 5.26. The average molecular weight is 359 g/mol. The van der Waals surface area contributed by atoms with Gasteiger partial charge in [-0.1, -0.05) is 40.0 Å². The molecule has 0 aromatic heterocycles. The summed E-state index contributed by atoms with van der Waals surface area (Å²) in [6, 6.07) is 0. The number of rotatable bonds is 9. The molecular formula is C19H38O4Si. The lowest BCUT2D eigenvalue weighted by Gasteiger charge is -2.38. The van der Waals surface area contributed by atoms with Crippen LogP contribution in [0, 0.1) is 0 Å². The first-order chi connectivity index (χ1) is 10.9. The van der Waals surface area contributed by atoms with E-state index in [2.05, 4.69) is 40.8 Å². The summed E-state index contributed by atoms with van der Waals surface area (Å²) in [7, 11) is -1.66. The molecule has 0 unspecified atom stereocenters. The van der Waals surface area contributed by atoms with Crippen molar-refractivity contribution in [2.24, 2.45) is 0 Å². The van der Waals surface area contributed by atoms with E-state index in [0.29, 0.717) is 6.10 Å². The Hall–Kier alpha value is -0.233. The molecule has 5 heteroatoms. The number of ether oxygens (including phenoxy) is 2. The predicted octanol–water partition coefficient (Wildman–Crippen LogP) is 5.07. The highest BCUT2D eigenvalue weighted by molar-refractivity contribution is 6.74. The first-order valence-electron chi connectivity index (χ1n) is 9.37. The van der Waals surface area contributed by atoms with Crippen LogP contribution in [0.1, 0.15) is 73.6 Å². The zero-order valence-electron chi connectivity index (χ0n) is 17.0. The molecule has 1 aliphatic heterocycles. The monoisotopic (exact) mass is 358 g/mol. The lowest BCUT2D eigenvalue weighted by Crippen LogP contribution is -2.43. The predicted molar refractivity (Wildman–Crippen MR) is 101 cm³/mol. The SMILES string of the molecule is C[C@H](CCCCC[C@@H]1OC(C)(C)O[C@H]1C=O)O[Si](C)(C)C(C)(C)C. The van der Waals surface area contributed by atoms with Gasteiger partial charge in [-0.3, -0.25) is 0 Å². The van der Waals surface area contributed by atoms with Crippen molar-refractivity contribution in [3.63, 3.8) is 0 Å². The van der Waals surface area contributed by atoms with Crippen LogP contribution in [0.5, 0.6) is 0 Å². The van der Waals surface area contributed by atoms with Crippen LogP contribution in [0.4, 0.5) is 0 Å². The van der Waals surface area contributed by atoms with E-state index in [1.54, 1.807) is 0 Å². The summed E-state index contributed by atoms with van der Waals surface area (Å²) in [6.07, 6.45) is 5.99. The lowest BCUT2D eigenvalue weighted by molar-refractivity contribution is -0.150. The van der Waals surface area contributed by atoms with Gasteiger partial charge in [0.2, 0.25) is 0 Å². The molecule has 1 fully saturated rings. The maximum absolute atomic E-state index is 11.1. The van der Waals surface area contributed by atoms with E-state index in [1.807, 2.05) is 13.8 Å². The Bertz CT molecular complexity index is 401.